The Morgan fingerprint density at radius 1 is 1.10 bits per heavy atom. The summed E-state index contributed by atoms with van der Waals surface area (Å²) in [6.45, 7) is 0.888. The van der Waals surface area contributed by atoms with Crippen molar-refractivity contribution in [2.24, 2.45) is 0 Å². The Morgan fingerprint density at radius 3 is 2.50 bits per heavy atom. The Morgan fingerprint density at radius 2 is 1.83 bits per heavy atom. The zero-order valence-corrected chi connectivity index (χ0v) is 17.5. The van der Waals surface area contributed by atoms with Crippen LogP contribution < -0.4 is 16.4 Å². The standard InChI is InChI=1S/C21H25N3O5S/c1-29-7-2-8-30-13-19(25)24-18-10-16(9-17(22)11-18)20(26)23-12-14-3-5-15(6-4-14)21(27)28/h3-6,9-11H,2,7-8,12-13,22H2,1H3,(H,23,26)(H,24,25)(H,27,28). The van der Waals surface area contributed by atoms with E-state index in [4.69, 9.17) is 15.6 Å². The highest BCUT2D eigenvalue weighted by atomic mass is 32.2. The van der Waals surface area contributed by atoms with Crippen molar-refractivity contribution in [1.29, 1.82) is 0 Å². The van der Waals surface area contributed by atoms with E-state index >= 15 is 0 Å². The third-order valence-electron chi connectivity index (χ3n) is 4.03. The average Bonchev–Trinajstić information content (AvgIpc) is 2.71. The lowest BCUT2D eigenvalue weighted by molar-refractivity contribution is -0.113. The number of ether oxygens (including phenoxy) is 1. The zero-order valence-electron chi connectivity index (χ0n) is 16.6. The molecule has 160 valence electrons. The minimum Gasteiger partial charge on any atom is -0.478 e. The summed E-state index contributed by atoms with van der Waals surface area (Å²) in [5.41, 5.74) is 7.94. The highest BCUT2D eigenvalue weighted by Crippen LogP contribution is 2.17. The summed E-state index contributed by atoms with van der Waals surface area (Å²) in [7, 11) is 1.64. The molecule has 0 spiro atoms. The number of carboxylic acid groups (broad SMARTS) is 1. The normalized spacial score (nSPS) is 10.4. The van der Waals surface area contributed by atoms with Gasteiger partial charge in [-0.25, -0.2) is 4.79 Å². The van der Waals surface area contributed by atoms with Crippen LogP contribution in [0.3, 0.4) is 0 Å². The molecule has 5 N–H and O–H groups in total. The van der Waals surface area contributed by atoms with Gasteiger partial charge in [0.25, 0.3) is 5.91 Å². The van der Waals surface area contributed by atoms with Gasteiger partial charge in [-0.05, 0) is 48.1 Å². The van der Waals surface area contributed by atoms with Crippen LogP contribution in [0.1, 0.15) is 32.7 Å². The quantitative estimate of drug-likeness (QED) is 0.318. The highest BCUT2D eigenvalue weighted by molar-refractivity contribution is 7.99. The third-order valence-corrected chi connectivity index (χ3v) is 5.07. The summed E-state index contributed by atoms with van der Waals surface area (Å²) in [5.74, 6) is -0.415. The Labute approximate surface area is 179 Å². The van der Waals surface area contributed by atoms with Gasteiger partial charge in [0.05, 0.1) is 11.3 Å². The summed E-state index contributed by atoms with van der Waals surface area (Å²) in [5, 5.41) is 14.4. The Kier molecular flexibility index (Phi) is 9.17. The van der Waals surface area contributed by atoms with Gasteiger partial charge in [0.2, 0.25) is 5.91 Å². The molecule has 2 aromatic carbocycles. The lowest BCUT2D eigenvalue weighted by Crippen LogP contribution is -2.23. The summed E-state index contributed by atoms with van der Waals surface area (Å²) in [6, 6.07) is 10.9. The molecule has 0 saturated heterocycles. The number of amides is 2. The summed E-state index contributed by atoms with van der Waals surface area (Å²) >= 11 is 1.50. The van der Waals surface area contributed by atoms with Gasteiger partial charge in [0, 0.05) is 37.2 Å². The highest BCUT2D eigenvalue weighted by Gasteiger charge is 2.10. The Hall–Kier alpha value is -3.04. The predicted molar refractivity (Wildman–Crippen MR) is 118 cm³/mol. The second-order valence-electron chi connectivity index (χ2n) is 6.48. The second-order valence-corrected chi connectivity index (χ2v) is 7.58. The number of methoxy groups -OCH3 is 1. The van der Waals surface area contributed by atoms with Crippen LogP contribution in [0.15, 0.2) is 42.5 Å². The number of nitrogens with two attached hydrogens (primary N) is 1. The van der Waals surface area contributed by atoms with Crippen LogP contribution in [0.25, 0.3) is 0 Å². The van der Waals surface area contributed by atoms with E-state index in [0.717, 1.165) is 17.7 Å². The molecule has 2 rings (SSSR count). The van der Waals surface area contributed by atoms with Crippen LogP contribution >= 0.6 is 11.8 Å². The number of nitrogen functional groups attached to an aromatic ring is 1. The van der Waals surface area contributed by atoms with Gasteiger partial charge in [-0.15, -0.1) is 0 Å². The van der Waals surface area contributed by atoms with Crippen LogP contribution in [-0.2, 0) is 16.1 Å². The van der Waals surface area contributed by atoms with Crippen LogP contribution in [0.2, 0.25) is 0 Å². The van der Waals surface area contributed by atoms with Gasteiger partial charge in [-0.3, -0.25) is 9.59 Å². The van der Waals surface area contributed by atoms with E-state index in [0.29, 0.717) is 29.3 Å². The lowest BCUT2D eigenvalue weighted by atomic mass is 10.1. The van der Waals surface area contributed by atoms with E-state index in [1.807, 2.05) is 0 Å². The number of aromatic carboxylic acids is 1. The molecule has 0 aliphatic rings. The monoisotopic (exact) mass is 431 g/mol. The molecule has 0 bridgehead atoms. The Balaban J connectivity index is 1.90. The minimum atomic E-state index is -1.01. The number of anilines is 2. The van der Waals surface area contributed by atoms with Crippen molar-refractivity contribution < 1.29 is 24.2 Å². The van der Waals surface area contributed by atoms with E-state index < -0.39 is 5.97 Å². The van der Waals surface area contributed by atoms with Crippen molar-refractivity contribution in [1.82, 2.24) is 5.32 Å². The molecule has 0 aromatic heterocycles. The summed E-state index contributed by atoms with van der Waals surface area (Å²) in [6.07, 6.45) is 0.871. The fraction of sp³-hybridized carbons (Fsp3) is 0.286. The maximum atomic E-state index is 12.5. The number of thioether (sulfide) groups is 1. The maximum Gasteiger partial charge on any atom is 0.335 e. The average molecular weight is 432 g/mol. The zero-order chi connectivity index (χ0) is 21.9. The number of rotatable bonds is 11. The summed E-state index contributed by atoms with van der Waals surface area (Å²) < 4.78 is 4.97. The lowest BCUT2D eigenvalue weighted by Gasteiger charge is -2.10. The van der Waals surface area contributed by atoms with Crippen molar-refractivity contribution in [2.45, 2.75) is 13.0 Å². The molecule has 0 atom stereocenters. The molecule has 9 heteroatoms. The first kappa shape index (κ1) is 23.2. The molecule has 0 unspecified atom stereocenters. The number of carbonyl (C=O) groups is 3. The first-order chi connectivity index (χ1) is 14.4. The van der Waals surface area contributed by atoms with Gasteiger partial charge in [0.1, 0.15) is 0 Å². The van der Waals surface area contributed by atoms with Crippen molar-refractivity contribution in [3.63, 3.8) is 0 Å². The van der Waals surface area contributed by atoms with E-state index in [-0.39, 0.29) is 23.9 Å². The van der Waals surface area contributed by atoms with Crippen molar-refractivity contribution >= 4 is 40.9 Å². The molecule has 2 amide bonds. The van der Waals surface area contributed by atoms with Gasteiger partial charge >= 0.3 is 5.97 Å². The predicted octanol–water partition coefficient (Wildman–Crippen LogP) is 2.61. The Bertz CT molecular complexity index is 887. The fourth-order valence-electron chi connectivity index (χ4n) is 2.57. The molecule has 0 aliphatic heterocycles. The number of hydrogen-bond donors (Lipinski definition) is 4. The molecule has 0 heterocycles. The molecule has 8 nitrogen and oxygen atoms in total. The number of benzene rings is 2. The van der Waals surface area contributed by atoms with Crippen LogP contribution in [0, 0.1) is 0 Å². The molecule has 30 heavy (non-hydrogen) atoms. The number of carbonyl (C=O) groups excluding carboxylic acids is 2. The van der Waals surface area contributed by atoms with E-state index in [2.05, 4.69) is 10.6 Å². The summed E-state index contributed by atoms with van der Waals surface area (Å²) in [4.78, 5) is 35.4. The molecule has 2 aromatic rings. The van der Waals surface area contributed by atoms with Crippen LogP contribution in [0.4, 0.5) is 11.4 Å². The first-order valence-electron chi connectivity index (χ1n) is 9.26. The molecular formula is C21H25N3O5S. The molecule has 0 fully saturated rings. The number of nitrogens with one attached hydrogen (secondary N) is 2. The largest absolute Gasteiger partial charge is 0.478 e. The number of carboxylic acids is 1. The van der Waals surface area contributed by atoms with Crippen LogP contribution in [0.5, 0.6) is 0 Å². The second kappa shape index (κ2) is 11.8. The van der Waals surface area contributed by atoms with Crippen LogP contribution in [-0.4, -0.2) is 48.1 Å². The van der Waals surface area contributed by atoms with E-state index in [9.17, 15) is 14.4 Å². The van der Waals surface area contributed by atoms with Crippen molar-refractivity contribution in [3.8, 4) is 0 Å². The van der Waals surface area contributed by atoms with Gasteiger partial charge in [0.15, 0.2) is 0 Å². The van der Waals surface area contributed by atoms with Gasteiger partial charge in [-0.1, -0.05) is 12.1 Å². The molecule has 0 saturated carbocycles. The molecule has 0 radical (unpaired) electrons. The molecule has 0 aliphatic carbocycles. The molecular weight excluding hydrogens is 406 g/mol. The third kappa shape index (κ3) is 7.76. The number of hydrogen-bond acceptors (Lipinski definition) is 6. The van der Waals surface area contributed by atoms with E-state index in [1.165, 1.54) is 30.0 Å². The first-order valence-corrected chi connectivity index (χ1v) is 10.4. The van der Waals surface area contributed by atoms with E-state index in [1.54, 1.807) is 31.4 Å². The van der Waals surface area contributed by atoms with Gasteiger partial charge in [-0.2, -0.15) is 11.8 Å². The smallest absolute Gasteiger partial charge is 0.335 e. The maximum absolute atomic E-state index is 12.5. The fourth-order valence-corrected chi connectivity index (χ4v) is 3.30. The topological polar surface area (TPSA) is 131 Å². The SMILES string of the molecule is COCCCSCC(=O)Nc1cc(N)cc(C(=O)NCc2ccc(C(=O)O)cc2)c1. The van der Waals surface area contributed by atoms with Crippen molar-refractivity contribution in [2.75, 3.05) is 36.3 Å². The van der Waals surface area contributed by atoms with Gasteiger partial charge < -0.3 is 26.2 Å². The minimum absolute atomic E-state index is 0.173. The van der Waals surface area contributed by atoms with Crippen molar-refractivity contribution in [3.05, 3.63) is 59.2 Å².